The second-order valence-electron chi connectivity index (χ2n) is 4.75. The zero-order valence-corrected chi connectivity index (χ0v) is 11.7. The van der Waals surface area contributed by atoms with Crippen molar-refractivity contribution >= 4 is 16.6 Å². The molecule has 2 aromatic carbocycles. The third-order valence-corrected chi connectivity index (χ3v) is 3.47. The fraction of sp³-hybridized carbons (Fsp3) is 0.176. The topological polar surface area (TPSA) is 37.8 Å². The summed E-state index contributed by atoms with van der Waals surface area (Å²) in [5, 5.41) is 5.73. The summed E-state index contributed by atoms with van der Waals surface area (Å²) < 4.78 is 0. The number of nitrogens with one attached hydrogen (secondary N) is 1. The molecule has 0 atom stereocenters. The van der Waals surface area contributed by atoms with Gasteiger partial charge in [0.1, 0.15) is 12.1 Å². The molecule has 0 fully saturated rings. The Hall–Kier alpha value is -2.42. The first-order valence-corrected chi connectivity index (χ1v) is 6.85. The van der Waals surface area contributed by atoms with Crippen LogP contribution in [-0.4, -0.2) is 16.5 Å². The van der Waals surface area contributed by atoms with Crippen LogP contribution in [0.4, 0.5) is 5.82 Å². The van der Waals surface area contributed by atoms with E-state index in [2.05, 4.69) is 71.6 Å². The summed E-state index contributed by atoms with van der Waals surface area (Å²) in [5.74, 6) is 0.908. The molecular formula is C17H17N3. The van der Waals surface area contributed by atoms with Crippen molar-refractivity contribution in [2.24, 2.45) is 0 Å². The highest BCUT2D eigenvalue weighted by Crippen LogP contribution is 2.30. The average molecular weight is 263 g/mol. The molecule has 100 valence electrons. The number of aromatic nitrogens is 2. The van der Waals surface area contributed by atoms with Crippen molar-refractivity contribution in [2.75, 3.05) is 11.9 Å². The molecule has 20 heavy (non-hydrogen) atoms. The first-order chi connectivity index (χ1) is 9.81. The molecule has 0 saturated heterocycles. The molecule has 3 nitrogen and oxygen atoms in total. The van der Waals surface area contributed by atoms with Gasteiger partial charge in [-0.05, 0) is 24.6 Å². The van der Waals surface area contributed by atoms with Crippen molar-refractivity contribution in [1.29, 1.82) is 0 Å². The van der Waals surface area contributed by atoms with Crippen molar-refractivity contribution in [2.45, 2.75) is 13.8 Å². The van der Waals surface area contributed by atoms with Crippen molar-refractivity contribution in [3.63, 3.8) is 0 Å². The van der Waals surface area contributed by atoms with Gasteiger partial charge < -0.3 is 5.32 Å². The van der Waals surface area contributed by atoms with Crippen LogP contribution in [-0.2, 0) is 0 Å². The van der Waals surface area contributed by atoms with E-state index in [9.17, 15) is 0 Å². The molecule has 0 unspecified atom stereocenters. The zero-order valence-electron chi connectivity index (χ0n) is 11.7. The molecule has 0 spiro atoms. The molecule has 0 saturated carbocycles. The van der Waals surface area contributed by atoms with Gasteiger partial charge >= 0.3 is 0 Å². The monoisotopic (exact) mass is 263 g/mol. The van der Waals surface area contributed by atoms with Crippen molar-refractivity contribution < 1.29 is 0 Å². The van der Waals surface area contributed by atoms with Gasteiger partial charge in [0, 0.05) is 17.7 Å². The standard InChI is InChI=1S/C17H17N3/c1-3-18-17-12(2)16(19-11-20-17)15-10-6-8-13-7-4-5-9-14(13)15/h4-11H,3H2,1-2H3,(H,18,19,20). The Morgan fingerprint density at radius 1 is 1.00 bits per heavy atom. The molecule has 3 aromatic rings. The van der Waals surface area contributed by atoms with Gasteiger partial charge in [0.05, 0.1) is 5.69 Å². The van der Waals surface area contributed by atoms with Gasteiger partial charge in [-0.1, -0.05) is 42.5 Å². The SMILES string of the molecule is CCNc1ncnc(-c2cccc3ccccc23)c1C. The number of nitrogens with zero attached hydrogens (tertiary/aromatic N) is 2. The predicted octanol–water partition coefficient (Wildman–Crippen LogP) is 4.04. The van der Waals surface area contributed by atoms with Gasteiger partial charge in [-0.3, -0.25) is 0 Å². The largest absolute Gasteiger partial charge is 0.370 e. The van der Waals surface area contributed by atoms with E-state index >= 15 is 0 Å². The smallest absolute Gasteiger partial charge is 0.132 e. The highest BCUT2D eigenvalue weighted by molar-refractivity contribution is 5.96. The van der Waals surface area contributed by atoms with Crippen LogP contribution in [0.2, 0.25) is 0 Å². The predicted molar refractivity (Wildman–Crippen MR) is 83.9 cm³/mol. The van der Waals surface area contributed by atoms with Crippen LogP contribution in [0.1, 0.15) is 12.5 Å². The lowest BCUT2D eigenvalue weighted by atomic mass is 9.99. The number of fused-ring (bicyclic) bond motifs is 1. The minimum Gasteiger partial charge on any atom is -0.370 e. The molecule has 0 amide bonds. The second kappa shape index (κ2) is 5.29. The molecule has 1 heterocycles. The number of benzene rings is 2. The fourth-order valence-electron chi connectivity index (χ4n) is 2.50. The van der Waals surface area contributed by atoms with Crippen molar-refractivity contribution in [3.8, 4) is 11.3 Å². The molecule has 0 aliphatic rings. The summed E-state index contributed by atoms with van der Waals surface area (Å²) in [4.78, 5) is 8.80. The van der Waals surface area contributed by atoms with Gasteiger partial charge in [-0.25, -0.2) is 9.97 Å². The number of hydrogen-bond acceptors (Lipinski definition) is 3. The molecular weight excluding hydrogens is 246 g/mol. The summed E-state index contributed by atoms with van der Waals surface area (Å²) >= 11 is 0. The van der Waals surface area contributed by atoms with E-state index in [1.54, 1.807) is 6.33 Å². The molecule has 1 aromatic heterocycles. The maximum Gasteiger partial charge on any atom is 0.132 e. The quantitative estimate of drug-likeness (QED) is 0.775. The summed E-state index contributed by atoms with van der Waals surface area (Å²) in [7, 11) is 0. The van der Waals surface area contributed by atoms with Crippen LogP contribution in [0.15, 0.2) is 48.8 Å². The lowest BCUT2D eigenvalue weighted by Gasteiger charge is -2.12. The number of anilines is 1. The van der Waals surface area contributed by atoms with E-state index < -0.39 is 0 Å². The molecule has 0 bridgehead atoms. The Morgan fingerprint density at radius 2 is 1.80 bits per heavy atom. The van der Waals surface area contributed by atoms with Crippen LogP contribution >= 0.6 is 0 Å². The Balaban J connectivity index is 2.23. The van der Waals surface area contributed by atoms with E-state index in [0.717, 1.165) is 29.2 Å². The summed E-state index contributed by atoms with van der Waals surface area (Å²) in [6, 6.07) is 14.7. The Bertz CT molecular complexity index is 745. The highest BCUT2D eigenvalue weighted by Gasteiger charge is 2.10. The van der Waals surface area contributed by atoms with Crippen molar-refractivity contribution in [3.05, 3.63) is 54.4 Å². The van der Waals surface area contributed by atoms with E-state index in [1.165, 1.54) is 10.8 Å². The molecule has 3 heteroatoms. The maximum atomic E-state index is 4.49. The van der Waals surface area contributed by atoms with Crippen LogP contribution < -0.4 is 5.32 Å². The van der Waals surface area contributed by atoms with Crippen LogP contribution in [0.25, 0.3) is 22.0 Å². The van der Waals surface area contributed by atoms with E-state index in [-0.39, 0.29) is 0 Å². The fourth-order valence-corrected chi connectivity index (χ4v) is 2.50. The first kappa shape index (κ1) is 12.6. The normalized spacial score (nSPS) is 10.7. The maximum absolute atomic E-state index is 4.49. The minimum atomic E-state index is 0.854. The molecule has 0 radical (unpaired) electrons. The van der Waals surface area contributed by atoms with Gasteiger partial charge in [-0.15, -0.1) is 0 Å². The average Bonchev–Trinajstić information content (AvgIpc) is 2.49. The van der Waals surface area contributed by atoms with Gasteiger partial charge in [-0.2, -0.15) is 0 Å². The molecule has 0 aliphatic carbocycles. The Labute approximate surface area is 118 Å². The Kier molecular flexibility index (Phi) is 3.33. The lowest BCUT2D eigenvalue weighted by Crippen LogP contribution is -2.03. The van der Waals surface area contributed by atoms with E-state index in [0.29, 0.717) is 0 Å². The molecule has 1 N–H and O–H groups in total. The number of hydrogen-bond donors (Lipinski definition) is 1. The summed E-state index contributed by atoms with van der Waals surface area (Å²) in [5.41, 5.74) is 3.24. The third-order valence-electron chi connectivity index (χ3n) is 3.47. The number of rotatable bonds is 3. The molecule has 3 rings (SSSR count). The van der Waals surface area contributed by atoms with Crippen LogP contribution in [0, 0.1) is 6.92 Å². The van der Waals surface area contributed by atoms with E-state index in [1.807, 2.05) is 0 Å². The first-order valence-electron chi connectivity index (χ1n) is 6.85. The zero-order chi connectivity index (χ0) is 13.9. The van der Waals surface area contributed by atoms with Crippen LogP contribution in [0.3, 0.4) is 0 Å². The van der Waals surface area contributed by atoms with Crippen LogP contribution in [0.5, 0.6) is 0 Å². The molecule has 0 aliphatic heterocycles. The minimum absolute atomic E-state index is 0.854. The highest BCUT2D eigenvalue weighted by atomic mass is 15.0. The van der Waals surface area contributed by atoms with Gasteiger partial charge in [0.25, 0.3) is 0 Å². The third kappa shape index (κ3) is 2.11. The Morgan fingerprint density at radius 3 is 2.65 bits per heavy atom. The van der Waals surface area contributed by atoms with Gasteiger partial charge in [0.15, 0.2) is 0 Å². The lowest BCUT2D eigenvalue weighted by molar-refractivity contribution is 1.09. The summed E-state index contributed by atoms with van der Waals surface area (Å²) in [6.07, 6.45) is 1.63. The van der Waals surface area contributed by atoms with Crippen molar-refractivity contribution in [1.82, 2.24) is 9.97 Å². The second-order valence-corrected chi connectivity index (χ2v) is 4.75. The van der Waals surface area contributed by atoms with E-state index in [4.69, 9.17) is 0 Å². The van der Waals surface area contributed by atoms with Gasteiger partial charge in [0.2, 0.25) is 0 Å². The summed E-state index contributed by atoms with van der Waals surface area (Å²) in [6.45, 7) is 4.99.